The van der Waals surface area contributed by atoms with E-state index in [0.29, 0.717) is 25.4 Å². The van der Waals surface area contributed by atoms with Gasteiger partial charge in [0.05, 0.1) is 13.2 Å². The molecule has 0 aromatic rings. The maximum Gasteiger partial charge on any atom is 0.247 e. The zero-order valence-electron chi connectivity index (χ0n) is 15.8. The van der Waals surface area contributed by atoms with E-state index >= 15 is 0 Å². The van der Waals surface area contributed by atoms with Crippen LogP contribution in [0.3, 0.4) is 0 Å². The summed E-state index contributed by atoms with van der Waals surface area (Å²) >= 11 is 0. The smallest absolute Gasteiger partial charge is 0.247 e. The lowest BCUT2D eigenvalue weighted by atomic mass is 10.1. The molecule has 2 N–H and O–H groups in total. The number of unbranched alkanes of at least 4 members (excludes halogenated alkanes) is 2. The first kappa shape index (κ1) is 24.6. The molecule has 0 aliphatic rings. The third-order valence-corrected chi connectivity index (χ3v) is 5.82. The summed E-state index contributed by atoms with van der Waals surface area (Å²) < 4.78 is 0. The van der Waals surface area contributed by atoms with Crippen LogP contribution >= 0.6 is 21.6 Å². The molecule has 25 heavy (non-hydrogen) atoms. The van der Waals surface area contributed by atoms with Crippen molar-refractivity contribution in [1.29, 1.82) is 0 Å². The normalized spacial score (nSPS) is 12.0. The van der Waals surface area contributed by atoms with Gasteiger partial charge < -0.3 is 0 Å². The van der Waals surface area contributed by atoms with Crippen molar-refractivity contribution in [2.75, 3.05) is 24.7 Å². The quantitative estimate of drug-likeness (QED) is 0.222. The van der Waals surface area contributed by atoms with E-state index in [1.807, 2.05) is 0 Å². The van der Waals surface area contributed by atoms with E-state index in [1.165, 1.54) is 0 Å². The van der Waals surface area contributed by atoms with Gasteiger partial charge in [-0.05, 0) is 19.3 Å². The Labute approximate surface area is 160 Å². The topological polar surface area (TPSA) is 76.7 Å². The standard InChI is InChI=1S/C17H34N2O4S2/c1-4-7-11-22-18-16(20)10-13-24-25-14-15(9-6-3)17(21)19-23-12-8-5-2/h15H,4-14H2,1-3H3,(H,18,20)(H,19,21). The number of amides is 2. The van der Waals surface area contributed by atoms with E-state index in [9.17, 15) is 9.59 Å². The van der Waals surface area contributed by atoms with Crippen LogP contribution in [0, 0.1) is 5.92 Å². The molecule has 8 heteroatoms. The van der Waals surface area contributed by atoms with Crippen LogP contribution in [-0.2, 0) is 19.3 Å². The maximum atomic E-state index is 12.1. The number of hydroxylamine groups is 2. The van der Waals surface area contributed by atoms with Crippen LogP contribution in [0.1, 0.15) is 65.7 Å². The summed E-state index contributed by atoms with van der Waals surface area (Å²) in [6, 6.07) is 0. The molecule has 0 fully saturated rings. The molecule has 1 unspecified atom stereocenters. The van der Waals surface area contributed by atoms with E-state index in [0.717, 1.165) is 44.3 Å². The highest BCUT2D eigenvalue weighted by Crippen LogP contribution is 2.26. The molecule has 1 atom stereocenters. The number of carbonyl (C=O) groups is 2. The molecule has 0 aliphatic carbocycles. The summed E-state index contributed by atoms with van der Waals surface area (Å²) in [4.78, 5) is 33.9. The molecule has 0 bridgehead atoms. The minimum atomic E-state index is -0.101. The highest BCUT2D eigenvalue weighted by Gasteiger charge is 2.18. The SMILES string of the molecule is CCCCONC(=O)CCSSCC(CCC)C(=O)NOCCCC. The molecular weight excluding hydrogens is 360 g/mol. The predicted molar refractivity (Wildman–Crippen MR) is 106 cm³/mol. The van der Waals surface area contributed by atoms with Crippen LogP contribution in [0.2, 0.25) is 0 Å². The van der Waals surface area contributed by atoms with Gasteiger partial charge in [0.2, 0.25) is 11.8 Å². The first-order chi connectivity index (χ1) is 12.2. The first-order valence-electron chi connectivity index (χ1n) is 9.22. The first-order valence-corrected chi connectivity index (χ1v) is 11.7. The number of nitrogens with one attached hydrogen (secondary N) is 2. The molecule has 0 aliphatic heterocycles. The second-order valence-electron chi connectivity index (χ2n) is 5.74. The summed E-state index contributed by atoms with van der Waals surface area (Å²) in [5, 5.41) is 0. The maximum absolute atomic E-state index is 12.1. The van der Waals surface area contributed by atoms with Gasteiger partial charge in [0.1, 0.15) is 0 Å². The van der Waals surface area contributed by atoms with E-state index < -0.39 is 0 Å². The van der Waals surface area contributed by atoms with Crippen LogP contribution in [0.4, 0.5) is 0 Å². The van der Waals surface area contributed by atoms with E-state index in [-0.39, 0.29) is 17.7 Å². The van der Waals surface area contributed by atoms with Crippen molar-refractivity contribution in [3.63, 3.8) is 0 Å². The lowest BCUT2D eigenvalue weighted by Gasteiger charge is -2.15. The molecule has 2 amide bonds. The Bertz CT molecular complexity index is 347. The van der Waals surface area contributed by atoms with Crippen molar-refractivity contribution in [1.82, 2.24) is 11.0 Å². The molecule has 0 heterocycles. The van der Waals surface area contributed by atoms with Gasteiger partial charge in [-0.15, -0.1) is 0 Å². The van der Waals surface area contributed by atoms with Crippen molar-refractivity contribution in [2.24, 2.45) is 5.92 Å². The number of carbonyl (C=O) groups excluding carboxylic acids is 2. The fraction of sp³-hybridized carbons (Fsp3) is 0.882. The molecule has 0 radical (unpaired) electrons. The summed E-state index contributed by atoms with van der Waals surface area (Å²) in [5.41, 5.74) is 5.00. The van der Waals surface area contributed by atoms with E-state index in [4.69, 9.17) is 9.68 Å². The summed E-state index contributed by atoms with van der Waals surface area (Å²) in [5.74, 6) is 1.21. The molecular formula is C17H34N2O4S2. The monoisotopic (exact) mass is 394 g/mol. The molecule has 0 aromatic heterocycles. The molecule has 0 saturated heterocycles. The fourth-order valence-electron chi connectivity index (χ4n) is 1.78. The number of hydrogen-bond acceptors (Lipinski definition) is 6. The second kappa shape index (κ2) is 18.4. The van der Waals surface area contributed by atoms with Crippen LogP contribution in [0.25, 0.3) is 0 Å². The highest BCUT2D eigenvalue weighted by molar-refractivity contribution is 8.76. The van der Waals surface area contributed by atoms with Crippen molar-refractivity contribution >= 4 is 33.4 Å². The van der Waals surface area contributed by atoms with Crippen molar-refractivity contribution < 1.29 is 19.3 Å². The fourth-order valence-corrected chi connectivity index (χ4v) is 4.13. The third kappa shape index (κ3) is 15.5. The molecule has 0 aromatic carbocycles. The molecule has 0 spiro atoms. The summed E-state index contributed by atoms with van der Waals surface area (Å²) in [7, 11) is 3.24. The Morgan fingerprint density at radius 2 is 1.56 bits per heavy atom. The summed E-state index contributed by atoms with van der Waals surface area (Å²) in [6.07, 6.45) is 6.16. The van der Waals surface area contributed by atoms with Crippen molar-refractivity contribution in [2.45, 2.75) is 65.7 Å². The average Bonchev–Trinajstić information content (AvgIpc) is 2.61. The second-order valence-corrected chi connectivity index (χ2v) is 8.36. The summed E-state index contributed by atoms with van der Waals surface area (Å²) in [6.45, 7) is 7.33. The van der Waals surface area contributed by atoms with Gasteiger partial charge in [-0.25, -0.2) is 11.0 Å². The zero-order chi connectivity index (χ0) is 18.8. The number of rotatable bonds is 17. The van der Waals surface area contributed by atoms with Crippen LogP contribution in [0.5, 0.6) is 0 Å². The third-order valence-electron chi connectivity index (χ3n) is 3.33. The molecule has 148 valence electrons. The van der Waals surface area contributed by atoms with Gasteiger partial charge in [-0.3, -0.25) is 19.3 Å². The minimum absolute atomic E-state index is 0.0480. The van der Waals surface area contributed by atoms with Gasteiger partial charge in [-0.2, -0.15) is 0 Å². The highest BCUT2D eigenvalue weighted by atomic mass is 33.1. The van der Waals surface area contributed by atoms with Gasteiger partial charge in [0.25, 0.3) is 0 Å². The Kier molecular flexibility index (Phi) is 18.0. The van der Waals surface area contributed by atoms with E-state index in [2.05, 4.69) is 31.7 Å². The van der Waals surface area contributed by atoms with Crippen LogP contribution < -0.4 is 11.0 Å². The van der Waals surface area contributed by atoms with Gasteiger partial charge in [0, 0.05) is 23.8 Å². The lowest BCUT2D eigenvalue weighted by molar-refractivity contribution is -0.137. The van der Waals surface area contributed by atoms with Gasteiger partial charge in [-0.1, -0.05) is 61.6 Å². The van der Waals surface area contributed by atoms with E-state index in [1.54, 1.807) is 21.6 Å². The lowest BCUT2D eigenvalue weighted by Crippen LogP contribution is -2.32. The van der Waals surface area contributed by atoms with Crippen LogP contribution in [0.15, 0.2) is 0 Å². The molecule has 0 rings (SSSR count). The Morgan fingerprint density at radius 3 is 2.16 bits per heavy atom. The molecule has 0 saturated carbocycles. The Balaban J connectivity index is 3.77. The minimum Gasteiger partial charge on any atom is -0.274 e. The zero-order valence-corrected chi connectivity index (χ0v) is 17.4. The van der Waals surface area contributed by atoms with Gasteiger partial charge >= 0.3 is 0 Å². The van der Waals surface area contributed by atoms with Gasteiger partial charge in [0.15, 0.2) is 0 Å². The average molecular weight is 395 g/mol. The number of hydrogen-bond donors (Lipinski definition) is 2. The molecule has 6 nitrogen and oxygen atoms in total. The van der Waals surface area contributed by atoms with Crippen LogP contribution in [-0.4, -0.2) is 36.5 Å². The largest absolute Gasteiger partial charge is 0.274 e. The predicted octanol–water partition coefficient (Wildman–Crippen LogP) is 3.87. The van der Waals surface area contributed by atoms with Crippen molar-refractivity contribution in [3.05, 3.63) is 0 Å². The Morgan fingerprint density at radius 1 is 0.920 bits per heavy atom. The van der Waals surface area contributed by atoms with Crippen molar-refractivity contribution in [3.8, 4) is 0 Å². The Hall–Kier alpha value is -0.440.